The Bertz CT molecular complexity index is 727. The molecular weight excluding hydrogens is 314 g/mol. The van der Waals surface area contributed by atoms with Crippen LogP contribution in [0.25, 0.3) is 0 Å². The normalized spacial score (nSPS) is 13.0. The van der Waals surface area contributed by atoms with Crippen LogP contribution >= 0.6 is 0 Å². The van der Waals surface area contributed by atoms with Gasteiger partial charge >= 0.3 is 0 Å². The summed E-state index contributed by atoms with van der Waals surface area (Å²) in [6, 6.07) is 13.5. The van der Waals surface area contributed by atoms with Crippen molar-refractivity contribution in [1.29, 1.82) is 0 Å². The molecule has 0 heterocycles. The molecule has 2 aromatic rings. The van der Waals surface area contributed by atoms with Gasteiger partial charge in [0, 0.05) is 6.07 Å². The fourth-order valence-electron chi connectivity index (χ4n) is 2.84. The second-order valence-corrected chi connectivity index (χ2v) is 6.27. The van der Waals surface area contributed by atoms with Crippen molar-refractivity contribution in [2.45, 2.75) is 46.3 Å². The highest BCUT2D eigenvalue weighted by Gasteiger charge is 2.20. The summed E-state index contributed by atoms with van der Waals surface area (Å²) >= 11 is 0. The quantitative estimate of drug-likeness (QED) is 0.814. The number of carbonyl (C=O) groups excluding carboxylic acids is 1. The SMILES string of the molecule is CC[C@H](NC(=O)[C@H](C)Oc1cccc(OC)c1)c1ccc(C)cc1C. The molecule has 0 fully saturated rings. The van der Waals surface area contributed by atoms with Gasteiger partial charge in [-0.15, -0.1) is 0 Å². The lowest BCUT2D eigenvalue weighted by atomic mass is 9.97. The maximum atomic E-state index is 12.6. The molecule has 25 heavy (non-hydrogen) atoms. The van der Waals surface area contributed by atoms with Gasteiger partial charge in [0.2, 0.25) is 0 Å². The summed E-state index contributed by atoms with van der Waals surface area (Å²) in [5.74, 6) is 1.18. The lowest BCUT2D eigenvalue weighted by molar-refractivity contribution is -0.128. The first-order valence-corrected chi connectivity index (χ1v) is 8.62. The van der Waals surface area contributed by atoms with E-state index in [9.17, 15) is 4.79 Å². The standard InChI is InChI=1S/C21H27NO3/c1-6-20(19-11-10-14(2)12-15(19)3)22-21(23)16(4)25-18-9-7-8-17(13-18)24-5/h7-13,16,20H,6H2,1-5H3,(H,22,23)/t16-,20-/m0/s1. The van der Waals surface area contributed by atoms with Crippen molar-refractivity contribution in [2.75, 3.05) is 7.11 Å². The van der Waals surface area contributed by atoms with E-state index in [0.29, 0.717) is 11.5 Å². The number of hydrogen-bond donors (Lipinski definition) is 1. The van der Waals surface area contributed by atoms with Gasteiger partial charge in [-0.05, 0) is 50.5 Å². The van der Waals surface area contributed by atoms with E-state index >= 15 is 0 Å². The third kappa shape index (κ3) is 4.99. The highest BCUT2D eigenvalue weighted by Crippen LogP contribution is 2.23. The van der Waals surface area contributed by atoms with Crippen molar-refractivity contribution in [3.8, 4) is 11.5 Å². The molecule has 2 aromatic carbocycles. The van der Waals surface area contributed by atoms with E-state index in [2.05, 4.69) is 44.3 Å². The molecule has 0 aliphatic heterocycles. The zero-order chi connectivity index (χ0) is 18.4. The maximum absolute atomic E-state index is 12.6. The van der Waals surface area contributed by atoms with Crippen LogP contribution in [0.3, 0.4) is 0 Å². The molecule has 0 spiro atoms. The molecule has 0 radical (unpaired) electrons. The number of methoxy groups -OCH3 is 1. The Labute approximate surface area is 150 Å². The van der Waals surface area contributed by atoms with Crippen LogP contribution in [0, 0.1) is 13.8 Å². The van der Waals surface area contributed by atoms with Crippen LogP contribution in [0.5, 0.6) is 11.5 Å². The lowest BCUT2D eigenvalue weighted by Crippen LogP contribution is -2.38. The van der Waals surface area contributed by atoms with Gasteiger partial charge < -0.3 is 14.8 Å². The molecule has 2 rings (SSSR count). The van der Waals surface area contributed by atoms with Crippen molar-refractivity contribution in [3.63, 3.8) is 0 Å². The fraction of sp³-hybridized carbons (Fsp3) is 0.381. The highest BCUT2D eigenvalue weighted by molar-refractivity contribution is 5.81. The van der Waals surface area contributed by atoms with E-state index in [4.69, 9.17) is 9.47 Å². The second kappa shape index (κ2) is 8.56. The van der Waals surface area contributed by atoms with Crippen LogP contribution in [0.15, 0.2) is 42.5 Å². The summed E-state index contributed by atoms with van der Waals surface area (Å²) in [7, 11) is 1.60. The molecule has 4 heteroatoms. The molecule has 0 aliphatic carbocycles. The third-order valence-corrected chi connectivity index (χ3v) is 4.25. The van der Waals surface area contributed by atoms with E-state index in [0.717, 1.165) is 12.0 Å². The van der Waals surface area contributed by atoms with Crippen molar-refractivity contribution < 1.29 is 14.3 Å². The summed E-state index contributed by atoms with van der Waals surface area (Å²) in [5.41, 5.74) is 3.56. The number of aryl methyl sites for hydroxylation is 2. The summed E-state index contributed by atoms with van der Waals surface area (Å²) in [6.45, 7) is 7.97. The molecule has 0 saturated heterocycles. The first-order valence-electron chi connectivity index (χ1n) is 8.62. The predicted molar refractivity (Wildman–Crippen MR) is 100 cm³/mol. The minimum atomic E-state index is -0.591. The zero-order valence-corrected chi connectivity index (χ0v) is 15.6. The fourth-order valence-corrected chi connectivity index (χ4v) is 2.84. The van der Waals surface area contributed by atoms with Gasteiger partial charge in [-0.3, -0.25) is 4.79 Å². The number of amides is 1. The Morgan fingerprint density at radius 3 is 2.48 bits per heavy atom. The molecule has 0 aliphatic rings. The predicted octanol–water partition coefficient (Wildman–Crippen LogP) is 4.35. The van der Waals surface area contributed by atoms with Crippen LogP contribution in [0.1, 0.15) is 43.0 Å². The molecule has 0 bridgehead atoms. The Morgan fingerprint density at radius 2 is 1.84 bits per heavy atom. The van der Waals surface area contributed by atoms with E-state index in [-0.39, 0.29) is 11.9 Å². The minimum Gasteiger partial charge on any atom is -0.497 e. The molecule has 0 unspecified atom stereocenters. The van der Waals surface area contributed by atoms with E-state index in [1.165, 1.54) is 11.1 Å². The number of benzene rings is 2. The van der Waals surface area contributed by atoms with Crippen LogP contribution in [0.2, 0.25) is 0 Å². The Morgan fingerprint density at radius 1 is 1.12 bits per heavy atom. The number of nitrogens with one attached hydrogen (secondary N) is 1. The third-order valence-electron chi connectivity index (χ3n) is 4.25. The van der Waals surface area contributed by atoms with Gasteiger partial charge in [0.25, 0.3) is 5.91 Å². The lowest BCUT2D eigenvalue weighted by Gasteiger charge is -2.22. The topological polar surface area (TPSA) is 47.6 Å². The summed E-state index contributed by atoms with van der Waals surface area (Å²) in [5, 5.41) is 3.10. The van der Waals surface area contributed by atoms with Crippen molar-refractivity contribution in [3.05, 3.63) is 59.2 Å². The molecule has 134 valence electrons. The van der Waals surface area contributed by atoms with E-state index in [1.807, 2.05) is 18.2 Å². The average Bonchev–Trinajstić information content (AvgIpc) is 2.60. The van der Waals surface area contributed by atoms with Crippen LogP contribution in [0.4, 0.5) is 0 Å². The van der Waals surface area contributed by atoms with Gasteiger partial charge in [-0.2, -0.15) is 0 Å². The highest BCUT2D eigenvalue weighted by atomic mass is 16.5. The number of carbonyl (C=O) groups is 1. The van der Waals surface area contributed by atoms with Crippen LogP contribution in [-0.2, 0) is 4.79 Å². The summed E-state index contributed by atoms with van der Waals surface area (Å²) in [6.07, 6.45) is 0.230. The first kappa shape index (κ1) is 18.8. The summed E-state index contributed by atoms with van der Waals surface area (Å²) < 4.78 is 10.9. The Balaban J connectivity index is 2.05. The monoisotopic (exact) mass is 341 g/mol. The maximum Gasteiger partial charge on any atom is 0.261 e. The summed E-state index contributed by atoms with van der Waals surface area (Å²) in [4.78, 5) is 12.6. The largest absolute Gasteiger partial charge is 0.497 e. The Kier molecular flexibility index (Phi) is 6.45. The van der Waals surface area contributed by atoms with Gasteiger partial charge in [-0.25, -0.2) is 0 Å². The number of ether oxygens (including phenoxy) is 2. The molecule has 1 amide bonds. The van der Waals surface area contributed by atoms with Crippen molar-refractivity contribution in [2.24, 2.45) is 0 Å². The van der Waals surface area contributed by atoms with Gasteiger partial charge in [0.05, 0.1) is 13.2 Å². The Hall–Kier alpha value is -2.49. The average molecular weight is 341 g/mol. The molecule has 1 N–H and O–H groups in total. The molecular formula is C21H27NO3. The second-order valence-electron chi connectivity index (χ2n) is 6.27. The first-order chi connectivity index (χ1) is 11.9. The number of rotatable bonds is 7. The van der Waals surface area contributed by atoms with Gasteiger partial charge in [0.15, 0.2) is 6.10 Å². The smallest absolute Gasteiger partial charge is 0.261 e. The van der Waals surface area contributed by atoms with E-state index in [1.54, 1.807) is 20.1 Å². The molecule has 2 atom stereocenters. The van der Waals surface area contributed by atoms with Crippen molar-refractivity contribution in [1.82, 2.24) is 5.32 Å². The zero-order valence-electron chi connectivity index (χ0n) is 15.6. The number of hydrogen-bond acceptors (Lipinski definition) is 3. The van der Waals surface area contributed by atoms with Crippen molar-refractivity contribution >= 4 is 5.91 Å². The van der Waals surface area contributed by atoms with E-state index < -0.39 is 6.10 Å². The minimum absolute atomic E-state index is 0.0236. The van der Waals surface area contributed by atoms with Crippen LogP contribution in [-0.4, -0.2) is 19.1 Å². The molecule has 0 saturated carbocycles. The molecule has 0 aromatic heterocycles. The van der Waals surface area contributed by atoms with Gasteiger partial charge in [0.1, 0.15) is 11.5 Å². The molecule has 4 nitrogen and oxygen atoms in total. The van der Waals surface area contributed by atoms with Crippen LogP contribution < -0.4 is 14.8 Å². The van der Waals surface area contributed by atoms with Gasteiger partial charge in [-0.1, -0.05) is 36.8 Å².